The minimum Gasteiger partial charge on any atom is -0.386 e. The normalized spacial score (nSPS) is 35.9. The molecular weight excluding hydrogens is 361 g/mol. The van der Waals surface area contributed by atoms with E-state index in [1.54, 1.807) is 6.92 Å². The molecule has 8 heteroatoms. The highest BCUT2D eigenvalue weighted by molar-refractivity contribution is 5.37. The lowest BCUT2D eigenvalue weighted by atomic mass is 9.61. The molecule has 1 aliphatic heterocycles. The molecule has 0 spiro atoms. The Kier molecular flexibility index (Phi) is 5.76. The highest BCUT2D eigenvalue weighted by atomic mass is 19.4. The number of piperazine rings is 1. The van der Waals surface area contributed by atoms with E-state index in [1.165, 1.54) is 24.3 Å². The molecular formula is C19H29F3N2O3. The Morgan fingerprint density at radius 1 is 1.04 bits per heavy atom. The molecule has 1 heterocycles. The molecule has 3 aliphatic rings. The minimum atomic E-state index is -4.96. The third kappa shape index (κ3) is 3.70. The van der Waals surface area contributed by atoms with Crippen molar-refractivity contribution in [2.24, 2.45) is 0 Å². The Labute approximate surface area is 157 Å². The number of aliphatic hydroxyl groups is 2. The maximum absolute atomic E-state index is 13.5. The van der Waals surface area contributed by atoms with Crippen LogP contribution in [0.1, 0.15) is 39.0 Å². The van der Waals surface area contributed by atoms with Gasteiger partial charge in [0.05, 0.1) is 0 Å². The second-order valence-electron chi connectivity index (χ2n) is 7.88. The third-order valence-corrected chi connectivity index (χ3v) is 6.38. The van der Waals surface area contributed by atoms with E-state index in [1.807, 2.05) is 4.90 Å². The third-order valence-electron chi connectivity index (χ3n) is 6.38. The molecule has 0 aromatic carbocycles. The zero-order valence-electron chi connectivity index (χ0n) is 15.6. The number of alkyl halides is 3. The van der Waals surface area contributed by atoms with Crippen molar-refractivity contribution in [3.63, 3.8) is 0 Å². The number of rotatable bonds is 4. The second kappa shape index (κ2) is 7.48. The van der Waals surface area contributed by atoms with Crippen LogP contribution in [0.5, 0.6) is 0 Å². The summed E-state index contributed by atoms with van der Waals surface area (Å²) < 4.78 is 45.3. The van der Waals surface area contributed by atoms with E-state index in [0.29, 0.717) is 39.0 Å². The van der Waals surface area contributed by atoms with Crippen molar-refractivity contribution >= 4 is 0 Å². The molecule has 0 amide bonds. The number of hydrogen-bond donors (Lipinski definition) is 3. The molecule has 1 saturated carbocycles. The summed E-state index contributed by atoms with van der Waals surface area (Å²) in [4.78, 5) is 1.88. The summed E-state index contributed by atoms with van der Waals surface area (Å²) in [7, 11) is 0. The maximum Gasteiger partial charge on any atom is 0.523 e. The number of allylic oxidation sites excluding steroid dienone is 2. The first kappa shape index (κ1) is 20.8. The van der Waals surface area contributed by atoms with Crippen LogP contribution in [0.15, 0.2) is 24.3 Å². The second-order valence-corrected chi connectivity index (χ2v) is 7.88. The zero-order valence-corrected chi connectivity index (χ0v) is 15.6. The maximum atomic E-state index is 13.5. The zero-order chi connectivity index (χ0) is 19.8. The summed E-state index contributed by atoms with van der Waals surface area (Å²) in [5.74, 6) is 0. The van der Waals surface area contributed by atoms with Gasteiger partial charge in [-0.1, -0.05) is 31.4 Å². The van der Waals surface area contributed by atoms with Crippen molar-refractivity contribution in [2.45, 2.75) is 68.2 Å². The van der Waals surface area contributed by atoms with E-state index >= 15 is 0 Å². The predicted molar refractivity (Wildman–Crippen MR) is 95.0 cm³/mol. The SMILES string of the molecule is CC(N1CCNCC1)C1(OC(F)(F)F)C=CC=CC1(O)C1(O)CCCCC1. The molecule has 5 nitrogen and oxygen atoms in total. The van der Waals surface area contributed by atoms with Gasteiger partial charge in [-0.25, -0.2) is 0 Å². The molecule has 0 aromatic rings. The van der Waals surface area contributed by atoms with Crippen LogP contribution in [0.2, 0.25) is 0 Å². The van der Waals surface area contributed by atoms with Crippen LogP contribution < -0.4 is 5.32 Å². The largest absolute Gasteiger partial charge is 0.523 e. The Hall–Kier alpha value is -0.930. The Morgan fingerprint density at radius 3 is 2.22 bits per heavy atom. The number of nitrogens with zero attached hydrogens (tertiary/aromatic N) is 1. The van der Waals surface area contributed by atoms with Crippen LogP contribution in [0, 0.1) is 0 Å². The van der Waals surface area contributed by atoms with Crippen LogP contribution >= 0.6 is 0 Å². The summed E-state index contributed by atoms with van der Waals surface area (Å²) in [6.07, 6.45) is 3.23. The van der Waals surface area contributed by atoms with E-state index in [0.717, 1.165) is 6.42 Å². The molecule has 154 valence electrons. The quantitative estimate of drug-likeness (QED) is 0.686. The van der Waals surface area contributed by atoms with Crippen molar-refractivity contribution in [3.05, 3.63) is 24.3 Å². The smallest absolute Gasteiger partial charge is 0.386 e. The molecule has 27 heavy (non-hydrogen) atoms. The van der Waals surface area contributed by atoms with Crippen LogP contribution in [0.4, 0.5) is 13.2 Å². The summed E-state index contributed by atoms with van der Waals surface area (Å²) in [6, 6.07) is -0.793. The van der Waals surface area contributed by atoms with Crippen LogP contribution in [-0.4, -0.2) is 70.5 Å². The van der Waals surface area contributed by atoms with Gasteiger partial charge >= 0.3 is 6.36 Å². The van der Waals surface area contributed by atoms with Gasteiger partial charge in [-0.2, -0.15) is 0 Å². The average Bonchev–Trinajstić information content (AvgIpc) is 2.63. The summed E-state index contributed by atoms with van der Waals surface area (Å²) in [5.41, 5.74) is -6.00. The fourth-order valence-electron chi connectivity index (χ4n) is 4.87. The molecule has 1 saturated heterocycles. The topological polar surface area (TPSA) is 65.0 Å². The Morgan fingerprint density at radius 2 is 1.63 bits per heavy atom. The first-order valence-corrected chi connectivity index (χ1v) is 9.67. The molecule has 3 N–H and O–H groups in total. The van der Waals surface area contributed by atoms with Gasteiger partial charge in [-0.05, 0) is 31.9 Å². The fraction of sp³-hybridized carbons (Fsp3) is 0.789. The lowest BCUT2D eigenvalue weighted by molar-refractivity contribution is -0.396. The van der Waals surface area contributed by atoms with Crippen molar-refractivity contribution in [1.29, 1.82) is 0 Å². The number of hydrogen-bond acceptors (Lipinski definition) is 5. The fourth-order valence-corrected chi connectivity index (χ4v) is 4.87. The lowest BCUT2D eigenvalue weighted by Crippen LogP contribution is -2.75. The molecule has 3 unspecified atom stereocenters. The van der Waals surface area contributed by atoms with Gasteiger partial charge in [0.15, 0.2) is 0 Å². The van der Waals surface area contributed by atoms with Gasteiger partial charge in [0.25, 0.3) is 0 Å². The van der Waals surface area contributed by atoms with Gasteiger partial charge in [0.2, 0.25) is 0 Å². The van der Waals surface area contributed by atoms with E-state index in [9.17, 15) is 23.4 Å². The van der Waals surface area contributed by atoms with Crippen LogP contribution in [-0.2, 0) is 4.74 Å². The monoisotopic (exact) mass is 390 g/mol. The molecule has 0 radical (unpaired) electrons. The van der Waals surface area contributed by atoms with E-state index < -0.39 is 29.2 Å². The predicted octanol–water partition coefficient (Wildman–Crippen LogP) is 2.11. The summed E-state index contributed by atoms with van der Waals surface area (Å²) in [6.45, 7) is 4.01. The van der Waals surface area contributed by atoms with Crippen molar-refractivity contribution in [3.8, 4) is 0 Å². The summed E-state index contributed by atoms with van der Waals surface area (Å²) >= 11 is 0. The standard InChI is InChI=1S/C19H29F3N2O3/c1-15(24-13-11-23-12-14-24)17(27-19(20,21)22)9-5-6-10-18(17,26)16(25)7-3-2-4-8-16/h5-6,9-10,15,23,25-26H,2-4,7-8,11-14H2,1H3. The Balaban J connectivity index is 2.07. The van der Waals surface area contributed by atoms with Gasteiger partial charge in [-0.15, -0.1) is 13.2 Å². The first-order chi connectivity index (χ1) is 12.6. The van der Waals surface area contributed by atoms with Crippen molar-refractivity contribution in [2.75, 3.05) is 26.2 Å². The van der Waals surface area contributed by atoms with Crippen LogP contribution in [0.3, 0.4) is 0 Å². The van der Waals surface area contributed by atoms with Crippen LogP contribution in [0.25, 0.3) is 0 Å². The number of nitrogens with one attached hydrogen (secondary N) is 1. The molecule has 2 fully saturated rings. The summed E-state index contributed by atoms with van der Waals surface area (Å²) in [5, 5.41) is 26.2. The minimum absolute atomic E-state index is 0.235. The van der Waals surface area contributed by atoms with Gasteiger partial charge < -0.3 is 15.5 Å². The number of halogens is 3. The highest BCUT2D eigenvalue weighted by Crippen LogP contribution is 2.51. The highest BCUT2D eigenvalue weighted by Gasteiger charge is 2.66. The number of ether oxygens (including phenoxy) is 1. The molecule has 0 bridgehead atoms. The van der Waals surface area contributed by atoms with E-state index in [4.69, 9.17) is 4.74 Å². The molecule has 3 atom stereocenters. The average molecular weight is 390 g/mol. The first-order valence-electron chi connectivity index (χ1n) is 9.67. The van der Waals surface area contributed by atoms with Crippen molar-refractivity contribution < 1.29 is 28.1 Å². The molecule has 0 aromatic heterocycles. The lowest BCUT2D eigenvalue weighted by Gasteiger charge is -2.58. The van der Waals surface area contributed by atoms with E-state index in [2.05, 4.69) is 5.32 Å². The Bertz CT molecular complexity index is 583. The molecule has 3 rings (SSSR count). The van der Waals surface area contributed by atoms with Gasteiger partial charge in [0.1, 0.15) is 16.8 Å². The molecule has 2 aliphatic carbocycles. The van der Waals surface area contributed by atoms with E-state index in [-0.39, 0.29) is 12.8 Å². The van der Waals surface area contributed by atoms with Gasteiger partial charge in [0, 0.05) is 32.2 Å². The van der Waals surface area contributed by atoms with Gasteiger partial charge in [-0.3, -0.25) is 9.64 Å². The van der Waals surface area contributed by atoms with Crippen molar-refractivity contribution in [1.82, 2.24) is 10.2 Å².